The van der Waals surface area contributed by atoms with Crippen LogP contribution in [0.4, 0.5) is 5.13 Å². The van der Waals surface area contributed by atoms with Gasteiger partial charge in [0.15, 0.2) is 16.6 Å². The van der Waals surface area contributed by atoms with Gasteiger partial charge in [0, 0.05) is 23.2 Å². The lowest BCUT2D eigenvalue weighted by Crippen LogP contribution is -2.37. The lowest BCUT2D eigenvalue weighted by atomic mass is 9.94. The van der Waals surface area contributed by atoms with Gasteiger partial charge in [-0.25, -0.2) is 4.98 Å². The molecule has 1 amide bonds. The largest absolute Gasteiger partial charge is 0.454 e. The van der Waals surface area contributed by atoms with Crippen LogP contribution in [-0.2, 0) is 16.6 Å². The van der Waals surface area contributed by atoms with Crippen molar-refractivity contribution in [3.05, 3.63) is 70.2 Å². The van der Waals surface area contributed by atoms with E-state index in [-0.39, 0.29) is 31.4 Å². The van der Waals surface area contributed by atoms with Gasteiger partial charge in [0.1, 0.15) is 0 Å². The smallest absolute Gasteiger partial charge is 0.236 e. The van der Waals surface area contributed by atoms with Gasteiger partial charge in [-0.3, -0.25) is 4.79 Å². The van der Waals surface area contributed by atoms with E-state index in [4.69, 9.17) is 9.47 Å². The molecule has 1 aliphatic heterocycles. The highest BCUT2D eigenvalue weighted by molar-refractivity contribution is 7.15. The number of ether oxygens (including phenoxy) is 2. The number of benzene rings is 2. The molecule has 2 atom stereocenters. The molecule has 2 aliphatic rings. The molecular formula is C29H35N3O4S. The number of hydrogen-bond donors (Lipinski definition) is 3. The Morgan fingerprint density at radius 2 is 1.95 bits per heavy atom. The third-order valence-corrected chi connectivity index (χ3v) is 8.32. The van der Waals surface area contributed by atoms with Gasteiger partial charge in [0.05, 0.1) is 12.0 Å². The number of rotatable bonds is 11. The number of amides is 1. The van der Waals surface area contributed by atoms with E-state index >= 15 is 0 Å². The first-order valence-electron chi connectivity index (χ1n) is 13.0. The zero-order chi connectivity index (χ0) is 26.0. The average Bonchev–Trinajstić information content (AvgIpc) is 3.34. The first-order chi connectivity index (χ1) is 17.9. The number of aliphatic hydroxyl groups excluding tert-OH is 1. The van der Waals surface area contributed by atoms with Gasteiger partial charge in [-0.2, -0.15) is 0 Å². The number of aromatic nitrogens is 1. The second kappa shape index (κ2) is 10.8. The molecule has 3 aromatic rings. The fourth-order valence-corrected chi connectivity index (χ4v) is 5.91. The van der Waals surface area contributed by atoms with Gasteiger partial charge < -0.3 is 25.2 Å². The first-order valence-corrected chi connectivity index (χ1v) is 13.8. The summed E-state index contributed by atoms with van der Waals surface area (Å²) in [5.74, 6) is 1.84. The minimum atomic E-state index is -0.551. The normalized spacial score (nSPS) is 17.0. The van der Waals surface area contributed by atoms with Crippen molar-refractivity contribution in [3.63, 3.8) is 0 Å². The standard InChI is InChI=1S/C29H35N3O4S/c1-18(2)12-22(16-33)31-23(13-20-7-5-4-6-19(20)3)26-15-30-28(37-26)32-27(34)29(10-11-29)21-8-9-24-25(14-21)36-17-35-24/h4-9,14-15,18,22-23,31,33H,10-13,16-17H2,1-3H3,(H,30,32,34)/t22-,23?/m1/s1. The van der Waals surface area contributed by atoms with Gasteiger partial charge in [-0.15, -0.1) is 11.3 Å². The molecule has 2 aromatic carbocycles. The molecule has 0 radical (unpaired) electrons. The van der Waals surface area contributed by atoms with E-state index in [9.17, 15) is 9.90 Å². The Bertz CT molecular complexity index is 1250. The molecular weight excluding hydrogens is 486 g/mol. The molecule has 1 aliphatic carbocycles. The Labute approximate surface area is 222 Å². The average molecular weight is 522 g/mol. The van der Waals surface area contributed by atoms with Crippen molar-refractivity contribution in [2.24, 2.45) is 5.92 Å². The lowest BCUT2D eigenvalue weighted by molar-refractivity contribution is -0.118. The van der Waals surface area contributed by atoms with Crippen LogP contribution in [0.15, 0.2) is 48.7 Å². The summed E-state index contributed by atoms with van der Waals surface area (Å²) in [5, 5.41) is 17.4. The number of aliphatic hydroxyl groups is 1. The molecule has 1 unspecified atom stereocenters. The zero-order valence-electron chi connectivity index (χ0n) is 21.6. The van der Waals surface area contributed by atoms with Gasteiger partial charge >= 0.3 is 0 Å². The van der Waals surface area contributed by atoms with Crippen LogP contribution in [0.25, 0.3) is 0 Å². The maximum atomic E-state index is 13.4. The van der Waals surface area contributed by atoms with E-state index in [0.29, 0.717) is 16.8 Å². The molecule has 7 nitrogen and oxygen atoms in total. The predicted molar refractivity (Wildman–Crippen MR) is 145 cm³/mol. The summed E-state index contributed by atoms with van der Waals surface area (Å²) in [5.41, 5.74) is 2.88. The summed E-state index contributed by atoms with van der Waals surface area (Å²) < 4.78 is 10.9. The van der Waals surface area contributed by atoms with Crippen LogP contribution in [0.3, 0.4) is 0 Å². The molecule has 1 fully saturated rings. The molecule has 8 heteroatoms. The summed E-state index contributed by atoms with van der Waals surface area (Å²) in [6.07, 6.45) is 5.09. The molecule has 1 saturated carbocycles. The van der Waals surface area contributed by atoms with Crippen molar-refractivity contribution in [1.29, 1.82) is 0 Å². The maximum absolute atomic E-state index is 13.4. The van der Waals surface area contributed by atoms with Crippen LogP contribution >= 0.6 is 11.3 Å². The second-order valence-corrected chi connectivity index (χ2v) is 11.6. The number of carbonyl (C=O) groups excluding carboxylic acids is 1. The van der Waals surface area contributed by atoms with Crippen LogP contribution in [0, 0.1) is 12.8 Å². The number of thiazole rings is 1. The van der Waals surface area contributed by atoms with Gasteiger partial charge in [0.2, 0.25) is 12.7 Å². The topological polar surface area (TPSA) is 92.7 Å². The summed E-state index contributed by atoms with van der Waals surface area (Å²) in [6, 6.07) is 14.1. The predicted octanol–water partition coefficient (Wildman–Crippen LogP) is 5.13. The highest BCUT2D eigenvalue weighted by atomic mass is 32.1. The summed E-state index contributed by atoms with van der Waals surface area (Å²) in [6.45, 7) is 6.73. The minimum absolute atomic E-state index is 0.0186. The van der Waals surface area contributed by atoms with Crippen molar-refractivity contribution in [2.75, 3.05) is 18.7 Å². The van der Waals surface area contributed by atoms with Crippen molar-refractivity contribution in [2.45, 2.75) is 64.0 Å². The van der Waals surface area contributed by atoms with Gasteiger partial charge in [-0.1, -0.05) is 44.2 Å². The van der Waals surface area contributed by atoms with E-state index in [2.05, 4.69) is 54.6 Å². The molecule has 5 rings (SSSR count). The Kier molecular flexibility index (Phi) is 7.51. The quantitative estimate of drug-likeness (QED) is 0.324. The Morgan fingerprint density at radius 3 is 2.68 bits per heavy atom. The summed E-state index contributed by atoms with van der Waals surface area (Å²) in [7, 11) is 0. The van der Waals surface area contributed by atoms with E-state index in [1.165, 1.54) is 22.5 Å². The van der Waals surface area contributed by atoms with Crippen molar-refractivity contribution < 1.29 is 19.4 Å². The number of aryl methyl sites for hydroxylation is 1. The summed E-state index contributed by atoms with van der Waals surface area (Å²) in [4.78, 5) is 19.0. The first kappa shape index (κ1) is 25.7. The van der Waals surface area contributed by atoms with E-state index < -0.39 is 5.41 Å². The highest BCUT2D eigenvalue weighted by Crippen LogP contribution is 2.51. The fraction of sp³-hybridized carbons (Fsp3) is 0.448. The van der Waals surface area contributed by atoms with Crippen molar-refractivity contribution in [1.82, 2.24) is 10.3 Å². The lowest BCUT2D eigenvalue weighted by Gasteiger charge is -2.25. The number of anilines is 1. The molecule has 37 heavy (non-hydrogen) atoms. The Balaban J connectivity index is 1.33. The number of nitrogens with one attached hydrogen (secondary N) is 2. The molecule has 1 aromatic heterocycles. The van der Waals surface area contributed by atoms with E-state index in [0.717, 1.165) is 41.9 Å². The van der Waals surface area contributed by atoms with E-state index in [1.54, 1.807) is 0 Å². The maximum Gasteiger partial charge on any atom is 0.236 e. The number of nitrogens with zero attached hydrogens (tertiary/aromatic N) is 1. The zero-order valence-corrected chi connectivity index (χ0v) is 22.4. The van der Waals surface area contributed by atoms with Crippen molar-refractivity contribution in [3.8, 4) is 11.5 Å². The van der Waals surface area contributed by atoms with Crippen LogP contribution in [0.1, 0.15) is 60.7 Å². The van der Waals surface area contributed by atoms with Gasteiger partial charge in [0.25, 0.3) is 0 Å². The summed E-state index contributed by atoms with van der Waals surface area (Å²) >= 11 is 1.49. The van der Waals surface area contributed by atoms with Crippen LogP contribution in [-0.4, -0.2) is 35.4 Å². The Hall–Kier alpha value is -2.94. The third kappa shape index (κ3) is 5.66. The number of carbonyl (C=O) groups is 1. The number of fused-ring (bicyclic) bond motifs is 1. The molecule has 196 valence electrons. The second-order valence-electron chi connectivity index (χ2n) is 10.5. The molecule has 3 N–H and O–H groups in total. The molecule has 0 bridgehead atoms. The van der Waals surface area contributed by atoms with Gasteiger partial charge in [-0.05, 0) is 67.3 Å². The Morgan fingerprint density at radius 1 is 1.16 bits per heavy atom. The SMILES string of the molecule is Cc1ccccc1CC(N[C@@H](CO)CC(C)C)c1cnc(NC(=O)C2(c3ccc4c(c3)OCO4)CC2)s1. The monoisotopic (exact) mass is 521 g/mol. The molecule has 0 saturated heterocycles. The fourth-order valence-electron chi connectivity index (χ4n) is 5.04. The van der Waals surface area contributed by atoms with Crippen LogP contribution in [0.5, 0.6) is 11.5 Å². The van der Waals surface area contributed by atoms with E-state index in [1.807, 2.05) is 30.5 Å². The van der Waals surface area contributed by atoms with Crippen molar-refractivity contribution >= 4 is 22.4 Å². The number of hydrogen-bond acceptors (Lipinski definition) is 7. The molecule has 0 spiro atoms. The molecule has 2 heterocycles. The highest BCUT2D eigenvalue weighted by Gasteiger charge is 2.52. The third-order valence-electron chi connectivity index (χ3n) is 7.30. The van der Waals surface area contributed by atoms with Crippen LogP contribution in [0.2, 0.25) is 0 Å². The minimum Gasteiger partial charge on any atom is -0.454 e. The van der Waals surface area contributed by atoms with Crippen LogP contribution < -0.4 is 20.1 Å².